The maximum absolute atomic E-state index is 14.2. The number of fused-ring (bicyclic) bond motifs is 1. The number of amides is 3. The lowest BCUT2D eigenvalue weighted by atomic mass is 10.1. The predicted molar refractivity (Wildman–Crippen MR) is 118 cm³/mol. The van der Waals surface area contributed by atoms with Gasteiger partial charge in [0.15, 0.2) is 5.13 Å². The zero-order valence-corrected chi connectivity index (χ0v) is 17.9. The highest BCUT2D eigenvalue weighted by atomic mass is 32.1. The highest BCUT2D eigenvalue weighted by molar-refractivity contribution is 7.22. The minimum Gasteiger partial charge on any atom is -0.376 e. The summed E-state index contributed by atoms with van der Waals surface area (Å²) in [4.78, 5) is 44.5. The molecule has 1 aromatic heterocycles. The lowest BCUT2D eigenvalue weighted by Gasteiger charge is -2.23. The summed E-state index contributed by atoms with van der Waals surface area (Å²) in [5, 5.41) is 0.402. The quantitative estimate of drug-likeness (QED) is 0.547. The lowest BCUT2D eigenvalue weighted by Crippen LogP contribution is -2.37. The van der Waals surface area contributed by atoms with Crippen LogP contribution in [0.5, 0.6) is 0 Å². The van der Waals surface area contributed by atoms with Crippen molar-refractivity contribution in [3.63, 3.8) is 0 Å². The summed E-state index contributed by atoms with van der Waals surface area (Å²) in [5.41, 5.74) is 1.06. The molecule has 3 aromatic rings. The van der Waals surface area contributed by atoms with Gasteiger partial charge in [0.1, 0.15) is 11.3 Å². The number of carbonyl (C=O) groups is 3. The standard InChI is InChI=1S/C23H20FN3O4S/c24-17-4-1-5-18-21(17)25-23(32-18)26(13-16-3-2-12-31-16)22(30)14-6-8-15(9-7-14)27-19(28)10-11-20(27)29/h1,4-9,16H,2-3,10-13H2. The molecule has 0 bridgehead atoms. The van der Waals surface area contributed by atoms with E-state index in [0.29, 0.717) is 34.2 Å². The van der Waals surface area contributed by atoms with Crippen LogP contribution >= 0.6 is 11.3 Å². The maximum Gasteiger partial charge on any atom is 0.260 e. The molecule has 0 spiro atoms. The minimum absolute atomic E-state index is 0.116. The number of thiazole rings is 1. The van der Waals surface area contributed by atoms with E-state index in [1.165, 1.54) is 22.3 Å². The van der Waals surface area contributed by atoms with Gasteiger partial charge in [0.25, 0.3) is 5.91 Å². The van der Waals surface area contributed by atoms with Crippen molar-refractivity contribution in [1.29, 1.82) is 0 Å². The Labute approximate surface area is 187 Å². The van der Waals surface area contributed by atoms with E-state index in [-0.39, 0.29) is 42.2 Å². The molecule has 164 valence electrons. The number of halogens is 1. The van der Waals surface area contributed by atoms with Crippen LogP contribution in [0.3, 0.4) is 0 Å². The second-order valence-electron chi connectivity index (χ2n) is 7.80. The Hall–Kier alpha value is -3.17. The molecule has 1 atom stereocenters. The number of benzene rings is 2. The molecule has 5 rings (SSSR count). The fourth-order valence-corrected chi connectivity index (χ4v) is 5.02. The Morgan fingerprint density at radius 2 is 1.91 bits per heavy atom. The third-order valence-corrected chi connectivity index (χ3v) is 6.71. The van der Waals surface area contributed by atoms with Crippen molar-refractivity contribution < 1.29 is 23.5 Å². The van der Waals surface area contributed by atoms with Gasteiger partial charge < -0.3 is 4.74 Å². The van der Waals surface area contributed by atoms with Crippen molar-refractivity contribution in [2.24, 2.45) is 0 Å². The first-order valence-electron chi connectivity index (χ1n) is 10.5. The molecule has 0 radical (unpaired) electrons. The highest BCUT2D eigenvalue weighted by Gasteiger charge is 2.31. The molecule has 0 saturated carbocycles. The van der Waals surface area contributed by atoms with Gasteiger partial charge in [0, 0.05) is 25.0 Å². The van der Waals surface area contributed by atoms with E-state index < -0.39 is 5.82 Å². The summed E-state index contributed by atoms with van der Waals surface area (Å²) in [6.45, 7) is 0.957. The summed E-state index contributed by atoms with van der Waals surface area (Å²) in [7, 11) is 0. The second kappa shape index (κ2) is 8.40. The number of nitrogens with zero attached hydrogens (tertiary/aromatic N) is 3. The van der Waals surface area contributed by atoms with Crippen LogP contribution in [-0.2, 0) is 14.3 Å². The van der Waals surface area contributed by atoms with Crippen LogP contribution in [0.2, 0.25) is 0 Å². The SMILES string of the molecule is O=C(c1ccc(N2C(=O)CCC2=O)cc1)N(CC1CCCO1)c1nc2c(F)cccc2s1. The van der Waals surface area contributed by atoms with Crippen molar-refractivity contribution in [2.75, 3.05) is 23.0 Å². The number of rotatable bonds is 5. The first-order valence-corrected chi connectivity index (χ1v) is 11.3. The van der Waals surface area contributed by atoms with Gasteiger partial charge in [-0.25, -0.2) is 9.37 Å². The fourth-order valence-electron chi connectivity index (χ4n) is 4.03. The van der Waals surface area contributed by atoms with Gasteiger partial charge >= 0.3 is 0 Å². The normalized spacial score (nSPS) is 18.7. The minimum atomic E-state index is -0.432. The van der Waals surface area contributed by atoms with E-state index in [2.05, 4.69) is 4.98 Å². The summed E-state index contributed by atoms with van der Waals surface area (Å²) in [5.74, 6) is -1.22. The van der Waals surface area contributed by atoms with Crippen LogP contribution in [0.15, 0.2) is 42.5 Å². The number of para-hydroxylation sites is 1. The molecule has 1 unspecified atom stereocenters. The number of anilines is 2. The number of aromatic nitrogens is 1. The average Bonchev–Trinajstić information content (AvgIpc) is 3.53. The number of imide groups is 1. The number of ether oxygens (including phenoxy) is 1. The predicted octanol–water partition coefficient (Wildman–Crippen LogP) is 3.91. The van der Waals surface area contributed by atoms with Gasteiger partial charge in [0.05, 0.1) is 23.0 Å². The molecule has 0 N–H and O–H groups in total. The van der Waals surface area contributed by atoms with Gasteiger partial charge in [-0.1, -0.05) is 17.4 Å². The van der Waals surface area contributed by atoms with E-state index in [0.717, 1.165) is 17.7 Å². The summed E-state index contributed by atoms with van der Waals surface area (Å²) in [6.07, 6.45) is 2.04. The number of hydrogen-bond donors (Lipinski definition) is 0. The van der Waals surface area contributed by atoms with Crippen molar-refractivity contribution in [3.05, 3.63) is 53.8 Å². The van der Waals surface area contributed by atoms with Gasteiger partial charge in [-0.05, 0) is 49.2 Å². The molecule has 2 saturated heterocycles. The van der Waals surface area contributed by atoms with Crippen molar-refractivity contribution in [3.8, 4) is 0 Å². The van der Waals surface area contributed by atoms with E-state index in [1.54, 1.807) is 36.4 Å². The molecule has 2 aromatic carbocycles. The van der Waals surface area contributed by atoms with E-state index in [1.807, 2.05) is 0 Å². The summed E-state index contributed by atoms with van der Waals surface area (Å²) >= 11 is 1.25. The molecule has 3 heterocycles. The largest absolute Gasteiger partial charge is 0.376 e. The zero-order chi connectivity index (χ0) is 22.2. The number of carbonyl (C=O) groups excluding carboxylic acids is 3. The van der Waals surface area contributed by atoms with Gasteiger partial charge in [-0.3, -0.25) is 24.2 Å². The molecule has 7 nitrogen and oxygen atoms in total. The van der Waals surface area contributed by atoms with Gasteiger partial charge in [-0.2, -0.15) is 0 Å². The van der Waals surface area contributed by atoms with E-state index in [9.17, 15) is 18.8 Å². The monoisotopic (exact) mass is 453 g/mol. The number of hydrogen-bond acceptors (Lipinski definition) is 6. The van der Waals surface area contributed by atoms with Crippen LogP contribution in [0, 0.1) is 5.82 Å². The van der Waals surface area contributed by atoms with Gasteiger partial charge in [0.2, 0.25) is 11.8 Å². The van der Waals surface area contributed by atoms with E-state index >= 15 is 0 Å². The molecule has 2 aliphatic rings. The van der Waals surface area contributed by atoms with Crippen molar-refractivity contribution in [1.82, 2.24) is 4.98 Å². The van der Waals surface area contributed by atoms with Crippen LogP contribution in [0.4, 0.5) is 15.2 Å². The molecular formula is C23H20FN3O4S. The Bertz CT molecular complexity index is 1190. The third-order valence-electron chi connectivity index (χ3n) is 5.67. The van der Waals surface area contributed by atoms with Crippen LogP contribution in [0.1, 0.15) is 36.0 Å². The van der Waals surface area contributed by atoms with E-state index in [4.69, 9.17) is 4.74 Å². The lowest BCUT2D eigenvalue weighted by molar-refractivity contribution is -0.121. The Morgan fingerprint density at radius 1 is 1.16 bits per heavy atom. The topological polar surface area (TPSA) is 79.8 Å². The second-order valence-corrected chi connectivity index (χ2v) is 8.81. The smallest absolute Gasteiger partial charge is 0.260 e. The van der Waals surface area contributed by atoms with Crippen LogP contribution < -0.4 is 9.80 Å². The molecule has 0 aliphatic carbocycles. The molecule has 3 amide bonds. The summed E-state index contributed by atoms with van der Waals surface area (Å²) < 4.78 is 20.6. The zero-order valence-electron chi connectivity index (χ0n) is 17.1. The Balaban J connectivity index is 1.46. The van der Waals surface area contributed by atoms with Gasteiger partial charge in [-0.15, -0.1) is 0 Å². The molecule has 2 aliphatic heterocycles. The Kier molecular flexibility index (Phi) is 5.44. The van der Waals surface area contributed by atoms with Crippen molar-refractivity contribution in [2.45, 2.75) is 31.8 Å². The molecular weight excluding hydrogens is 433 g/mol. The van der Waals surface area contributed by atoms with Crippen molar-refractivity contribution >= 4 is 50.1 Å². The maximum atomic E-state index is 14.2. The average molecular weight is 453 g/mol. The van der Waals surface area contributed by atoms with Crippen LogP contribution in [-0.4, -0.2) is 42.0 Å². The highest BCUT2D eigenvalue weighted by Crippen LogP contribution is 2.32. The molecule has 2 fully saturated rings. The third kappa shape index (κ3) is 3.78. The molecule has 9 heteroatoms. The van der Waals surface area contributed by atoms with Crippen LogP contribution in [0.25, 0.3) is 10.2 Å². The molecule has 32 heavy (non-hydrogen) atoms. The first kappa shape index (κ1) is 20.7. The first-order chi connectivity index (χ1) is 15.5. The Morgan fingerprint density at radius 3 is 2.56 bits per heavy atom. The fraction of sp³-hybridized carbons (Fsp3) is 0.304. The summed E-state index contributed by atoms with van der Waals surface area (Å²) in [6, 6.07) is 11.1.